The lowest BCUT2D eigenvalue weighted by atomic mass is 10.2. The third-order valence-electron chi connectivity index (χ3n) is 2.35. The Balaban J connectivity index is 2.11. The molecule has 0 radical (unpaired) electrons. The Bertz CT molecular complexity index is 577. The van der Waals surface area contributed by atoms with Crippen LogP contribution in [0.25, 0.3) is 0 Å². The minimum Gasteiger partial charge on any atom is -0.487 e. The Labute approximate surface area is 118 Å². The van der Waals surface area contributed by atoms with Crippen LogP contribution in [0.5, 0.6) is 5.75 Å². The van der Waals surface area contributed by atoms with Crippen LogP contribution in [0, 0.1) is 5.82 Å². The maximum Gasteiger partial charge on any atom is 0.141 e. The van der Waals surface area contributed by atoms with Crippen molar-refractivity contribution in [1.82, 2.24) is 0 Å². The van der Waals surface area contributed by atoms with Crippen molar-refractivity contribution in [2.75, 3.05) is 5.73 Å². The molecule has 2 aromatic carbocycles. The molecule has 0 spiro atoms. The van der Waals surface area contributed by atoms with E-state index in [1.54, 1.807) is 6.07 Å². The maximum atomic E-state index is 13.0. The molecule has 0 atom stereocenters. The lowest BCUT2D eigenvalue weighted by Crippen LogP contribution is -1.98. The summed E-state index contributed by atoms with van der Waals surface area (Å²) in [7, 11) is 0. The Morgan fingerprint density at radius 2 is 2.00 bits per heavy atom. The fourth-order valence-electron chi connectivity index (χ4n) is 1.43. The highest BCUT2D eigenvalue weighted by Crippen LogP contribution is 2.26. The summed E-state index contributed by atoms with van der Waals surface area (Å²) in [4.78, 5) is 0. The first-order chi connectivity index (χ1) is 8.56. The average Bonchev–Trinajstić information content (AvgIpc) is 2.34. The van der Waals surface area contributed by atoms with E-state index in [0.717, 1.165) is 10.0 Å². The van der Waals surface area contributed by atoms with E-state index in [2.05, 4.69) is 15.9 Å². The molecular weight excluding hydrogens is 321 g/mol. The van der Waals surface area contributed by atoms with E-state index in [9.17, 15) is 4.39 Å². The van der Waals surface area contributed by atoms with Crippen LogP contribution >= 0.6 is 27.5 Å². The second-order valence-electron chi connectivity index (χ2n) is 3.72. The van der Waals surface area contributed by atoms with Crippen molar-refractivity contribution < 1.29 is 9.13 Å². The van der Waals surface area contributed by atoms with Gasteiger partial charge in [0.1, 0.15) is 18.2 Å². The van der Waals surface area contributed by atoms with Crippen molar-refractivity contribution in [2.45, 2.75) is 6.61 Å². The van der Waals surface area contributed by atoms with Crippen LogP contribution in [0.15, 0.2) is 40.9 Å². The highest BCUT2D eigenvalue weighted by molar-refractivity contribution is 9.10. The molecule has 0 aliphatic heterocycles. The van der Waals surface area contributed by atoms with E-state index in [0.29, 0.717) is 16.5 Å². The fraction of sp³-hybridized carbons (Fsp3) is 0.0769. The largest absolute Gasteiger partial charge is 0.487 e. The molecule has 0 aliphatic rings. The summed E-state index contributed by atoms with van der Waals surface area (Å²) in [5.41, 5.74) is 7.27. The van der Waals surface area contributed by atoms with E-state index in [4.69, 9.17) is 22.1 Å². The predicted molar refractivity (Wildman–Crippen MR) is 74.3 cm³/mol. The van der Waals surface area contributed by atoms with E-state index >= 15 is 0 Å². The van der Waals surface area contributed by atoms with Gasteiger partial charge < -0.3 is 10.5 Å². The molecular formula is C13H10BrClFNO. The van der Waals surface area contributed by atoms with Crippen molar-refractivity contribution in [3.8, 4) is 5.75 Å². The smallest absolute Gasteiger partial charge is 0.141 e. The van der Waals surface area contributed by atoms with Gasteiger partial charge in [-0.05, 0) is 45.8 Å². The third kappa shape index (κ3) is 3.15. The fourth-order valence-corrected chi connectivity index (χ4v) is 1.85. The van der Waals surface area contributed by atoms with Crippen molar-refractivity contribution in [3.05, 3.63) is 57.3 Å². The van der Waals surface area contributed by atoms with Crippen molar-refractivity contribution >= 4 is 33.2 Å². The number of anilines is 1. The number of nitrogens with two attached hydrogens (primary N) is 1. The van der Waals surface area contributed by atoms with Crippen LogP contribution in [0.3, 0.4) is 0 Å². The van der Waals surface area contributed by atoms with Gasteiger partial charge in [0.25, 0.3) is 0 Å². The molecule has 2 N–H and O–H groups in total. The normalized spacial score (nSPS) is 10.4. The summed E-state index contributed by atoms with van der Waals surface area (Å²) in [5, 5.41) is 0.376. The highest BCUT2D eigenvalue weighted by atomic mass is 79.9. The molecule has 0 aliphatic carbocycles. The quantitative estimate of drug-likeness (QED) is 0.846. The topological polar surface area (TPSA) is 35.2 Å². The van der Waals surface area contributed by atoms with Gasteiger partial charge in [-0.2, -0.15) is 0 Å². The van der Waals surface area contributed by atoms with Crippen molar-refractivity contribution in [3.63, 3.8) is 0 Å². The maximum absolute atomic E-state index is 13.0. The lowest BCUT2D eigenvalue weighted by Gasteiger charge is -2.09. The molecule has 0 bridgehead atoms. The minimum atomic E-state index is -0.385. The number of halogens is 3. The van der Waals surface area contributed by atoms with Crippen LogP contribution in [0.1, 0.15) is 5.56 Å². The second-order valence-corrected chi connectivity index (χ2v) is 4.98. The summed E-state index contributed by atoms with van der Waals surface area (Å²) >= 11 is 9.21. The van der Waals surface area contributed by atoms with Gasteiger partial charge in [-0.1, -0.05) is 17.7 Å². The molecule has 0 heterocycles. The highest BCUT2D eigenvalue weighted by Gasteiger charge is 2.04. The average molecular weight is 331 g/mol. The van der Waals surface area contributed by atoms with Gasteiger partial charge in [0, 0.05) is 16.2 Å². The van der Waals surface area contributed by atoms with E-state index in [1.165, 1.54) is 18.2 Å². The Morgan fingerprint density at radius 1 is 1.22 bits per heavy atom. The number of hydrogen-bond acceptors (Lipinski definition) is 2. The number of rotatable bonds is 3. The van der Waals surface area contributed by atoms with Gasteiger partial charge >= 0.3 is 0 Å². The third-order valence-corrected chi connectivity index (χ3v) is 3.38. The van der Waals surface area contributed by atoms with Gasteiger partial charge in [-0.3, -0.25) is 0 Å². The molecule has 2 rings (SSSR count). The summed E-state index contributed by atoms with van der Waals surface area (Å²) in [6.45, 7) is 0.278. The van der Waals surface area contributed by atoms with E-state index in [1.807, 2.05) is 12.1 Å². The predicted octanol–water partition coefficient (Wildman–Crippen LogP) is 4.40. The number of ether oxygens (including phenoxy) is 1. The molecule has 2 aromatic rings. The zero-order valence-corrected chi connectivity index (χ0v) is 11.6. The van der Waals surface area contributed by atoms with Crippen LogP contribution in [-0.4, -0.2) is 0 Å². The molecule has 0 fully saturated rings. The van der Waals surface area contributed by atoms with Gasteiger partial charge in [0.15, 0.2) is 0 Å². The molecule has 2 nitrogen and oxygen atoms in total. The number of nitrogen functional groups attached to an aromatic ring is 1. The molecule has 0 saturated heterocycles. The van der Waals surface area contributed by atoms with Gasteiger partial charge in [0.2, 0.25) is 0 Å². The Morgan fingerprint density at radius 3 is 2.72 bits per heavy atom. The van der Waals surface area contributed by atoms with Crippen molar-refractivity contribution in [2.24, 2.45) is 0 Å². The first kappa shape index (κ1) is 13.2. The zero-order chi connectivity index (χ0) is 13.1. The molecule has 18 heavy (non-hydrogen) atoms. The van der Waals surface area contributed by atoms with E-state index < -0.39 is 0 Å². The standard InChI is InChI=1S/C13H10BrClFNO/c14-10-3-1-8(5-12(10)17)7-18-13-6-9(16)2-4-11(13)15/h1-6H,7,17H2. The molecule has 0 saturated carbocycles. The summed E-state index contributed by atoms with van der Waals surface area (Å²) in [5.74, 6) is -0.0668. The van der Waals surface area contributed by atoms with Crippen LogP contribution in [0.2, 0.25) is 5.02 Å². The first-order valence-electron chi connectivity index (χ1n) is 5.18. The van der Waals surface area contributed by atoms with Gasteiger partial charge in [0.05, 0.1) is 5.02 Å². The van der Waals surface area contributed by atoms with Crippen LogP contribution < -0.4 is 10.5 Å². The van der Waals surface area contributed by atoms with Crippen LogP contribution in [-0.2, 0) is 6.61 Å². The van der Waals surface area contributed by atoms with E-state index in [-0.39, 0.29) is 12.4 Å². The monoisotopic (exact) mass is 329 g/mol. The lowest BCUT2D eigenvalue weighted by molar-refractivity contribution is 0.305. The Kier molecular flexibility index (Phi) is 4.09. The summed E-state index contributed by atoms with van der Waals surface area (Å²) < 4.78 is 19.3. The zero-order valence-electron chi connectivity index (χ0n) is 9.29. The molecule has 94 valence electrons. The number of hydrogen-bond donors (Lipinski definition) is 1. The summed E-state index contributed by atoms with van der Waals surface area (Å²) in [6, 6.07) is 9.49. The molecule has 0 amide bonds. The summed E-state index contributed by atoms with van der Waals surface area (Å²) in [6.07, 6.45) is 0. The Hall–Kier alpha value is -1.26. The molecule has 5 heteroatoms. The van der Waals surface area contributed by atoms with Gasteiger partial charge in [-0.25, -0.2) is 4.39 Å². The van der Waals surface area contributed by atoms with Crippen LogP contribution in [0.4, 0.5) is 10.1 Å². The minimum absolute atomic E-state index is 0.278. The van der Waals surface area contributed by atoms with Crippen molar-refractivity contribution in [1.29, 1.82) is 0 Å². The van der Waals surface area contributed by atoms with Gasteiger partial charge in [-0.15, -0.1) is 0 Å². The first-order valence-corrected chi connectivity index (χ1v) is 6.35. The number of benzene rings is 2. The SMILES string of the molecule is Nc1cc(COc2cc(F)ccc2Cl)ccc1Br. The second kappa shape index (κ2) is 5.59. The molecule has 0 aromatic heterocycles. The molecule has 0 unspecified atom stereocenters.